The van der Waals surface area contributed by atoms with Gasteiger partial charge in [-0.2, -0.15) is 18.3 Å². The van der Waals surface area contributed by atoms with Crippen molar-refractivity contribution in [1.29, 1.82) is 0 Å². The highest BCUT2D eigenvalue weighted by Crippen LogP contribution is 2.36. The number of aromatic hydroxyl groups is 1. The number of hydrogen-bond donors (Lipinski definition) is 1. The largest absolute Gasteiger partial charge is 0.502 e. The lowest BCUT2D eigenvalue weighted by Crippen LogP contribution is -2.51. The third-order valence-electron chi connectivity index (χ3n) is 5.35. The fourth-order valence-electron chi connectivity index (χ4n) is 3.66. The number of benzene rings is 2. The Morgan fingerprint density at radius 1 is 1.00 bits per heavy atom. The highest BCUT2D eigenvalue weighted by atomic mass is 19.4. The maximum Gasteiger partial charge on any atom is 0.408 e. The number of hydrogen-bond acceptors (Lipinski definition) is 4. The quantitative estimate of drug-likeness (QED) is 0.672. The number of aromatic nitrogens is 2. The Kier molecular flexibility index (Phi) is 5.33. The molecule has 1 aromatic heterocycles. The third-order valence-corrected chi connectivity index (χ3v) is 5.35. The number of amides is 1. The monoisotopic (exact) mass is 441 g/mol. The Morgan fingerprint density at radius 2 is 1.53 bits per heavy atom. The Hall–Kier alpha value is -3.88. The van der Waals surface area contributed by atoms with Gasteiger partial charge in [0.1, 0.15) is 6.04 Å². The molecule has 6 nitrogen and oxygen atoms in total. The van der Waals surface area contributed by atoms with E-state index in [0.29, 0.717) is 21.6 Å². The summed E-state index contributed by atoms with van der Waals surface area (Å²) in [7, 11) is 0. The van der Waals surface area contributed by atoms with Crippen molar-refractivity contribution in [1.82, 2.24) is 14.7 Å². The number of halogens is 3. The van der Waals surface area contributed by atoms with Gasteiger partial charge < -0.3 is 10.0 Å². The summed E-state index contributed by atoms with van der Waals surface area (Å²) < 4.78 is 41.8. The number of alkyl halides is 3. The molecule has 0 aliphatic carbocycles. The third kappa shape index (κ3) is 3.66. The van der Waals surface area contributed by atoms with Crippen molar-refractivity contribution >= 4 is 17.2 Å². The summed E-state index contributed by atoms with van der Waals surface area (Å²) in [6.45, 7) is 0.433. The minimum absolute atomic E-state index is 0.225. The molecular formula is C23H18F3N3O3. The molecule has 2 aromatic carbocycles. The van der Waals surface area contributed by atoms with Gasteiger partial charge in [-0.05, 0) is 18.1 Å². The summed E-state index contributed by atoms with van der Waals surface area (Å²) in [5.74, 6) is -2.07. The van der Waals surface area contributed by atoms with E-state index in [1.807, 2.05) is 0 Å². The van der Waals surface area contributed by atoms with E-state index in [1.54, 1.807) is 60.7 Å². The molecule has 1 atom stereocenters. The molecule has 0 saturated carbocycles. The summed E-state index contributed by atoms with van der Waals surface area (Å²) in [6, 6.07) is 15.7. The van der Waals surface area contributed by atoms with E-state index in [1.165, 1.54) is 0 Å². The van der Waals surface area contributed by atoms with Crippen molar-refractivity contribution < 1.29 is 23.1 Å². The van der Waals surface area contributed by atoms with E-state index >= 15 is 0 Å². The van der Waals surface area contributed by atoms with E-state index in [4.69, 9.17) is 0 Å². The zero-order valence-corrected chi connectivity index (χ0v) is 16.9. The number of rotatable bonds is 3. The minimum atomic E-state index is -4.71. The van der Waals surface area contributed by atoms with Gasteiger partial charge in [-0.15, -0.1) is 0 Å². The minimum Gasteiger partial charge on any atom is -0.502 e. The van der Waals surface area contributed by atoms with Gasteiger partial charge >= 0.3 is 6.18 Å². The molecule has 32 heavy (non-hydrogen) atoms. The summed E-state index contributed by atoms with van der Waals surface area (Å²) >= 11 is 0. The molecule has 0 radical (unpaired) electrons. The predicted molar refractivity (Wildman–Crippen MR) is 112 cm³/mol. The number of nitrogens with zero attached hydrogens (tertiary/aromatic N) is 3. The normalized spacial score (nSPS) is 14.8. The standard InChI is InChI=1S/C23H18F3N3O3/c1-14(23(24,25)26)28-13-17(29-20(22(28)32)21(31)18(30)12-27-29)19(15-8-4-2-5-9-15)16-10-6-3-7-11-16/h2-12,14,31H,13H2,1H3. The van der Waals surface area contributed by atoms with Crippen molar-refractivity contribution in [3.05, 3.63) is 93.9 Å². The first-order valence-electron chi connectivity index (χ1n) is 9.73. The second-order valence-corrected chi connectivity index (χ2v) is 7.32. The summed E-state index contributed by atoms with van der Waals surface area (Å²) in [5.41, 5.74) is 0.547. The highest BCUT2D eigenvalue weighted by Gasteiger charge is 2.46. The fourth-order valence-corrected chi connectivity index (χ4v) is 3.66. The maximum atomic E-state index is 13.6. The Balaban J connectivity index is 2.08. The Bertz CT molecular complexity index is 1210. The molecule has 1 amide bonds. The SMILES string of the molecule is CC(N1CC(=C(c2ccccc2)c2ccccc2)n2ncc(=O)c(O)c2C1=O)C(F)(F)F. The maximum absolute atomic E-state index is 13.6. The van der Waals surface area contributed by atoms with Crippen LogP contribution in [0.15, 0.2) is 71.7 Å². The van der Waals surface area contributed by atoms with Crippen LogP contribution in [-0.2, 0) is 0 Å². The molecule has 1 N–H and O–H groups in total. The van der Waals surface area contributed by atoms with Gasteiger partial charge in [0.05, 0.1) is 18.4 Å². The lowest BCUT2D eigenvalue weighted by Gasteiger charge is -2.37. The molecule has 0 saturated heterocycles. The number of carbonyl (C=O) groups is 1. The summed E-state index contributed by atoms with van der Waals surface area (Å²) in [6.07, 6.45) is -3.87. The van der Waals surface area contributed by atoms with Gasteiger partial charge in [0.2, 0.25) is 5.43 Å². The summed E-state index contributed by atoms with van der Waals surface area (Å²) in [5, 5.41) is 14.3. The summed E-state index contributed by atoms with van der Waals surface area (Å²) in [4.78, 5) is 25.5. The number of carbonyl (C=O) groups excluding carboxylic acids is 1. The van der Waals surface area contributed by atoms with Gasteiger partial charge in [-0.25, -0.2) is 4.68 Å². The molecule has 0 fully saturated rings. The lowest BCUT2D eigenvalue weighted by molar-refractivity contribution is -0.171. The van der Waals surface area contributed by atoms with E-state index in [9.17, 15) is 27.9 Å². The van der Waals surface area contributed by atoms with Crippen molar-refractivity contribution in [3.8, 4) is 5.75 Å². The Morgan fingerprint density at radius 3 is 2.03 bits per heavy atom. The molecule has 2 heterocycles. The van der Waals surface area contributed by atoms with Gasteiger partial charge in [-0.3, -0.25) is 9.59 Å². The first-order valence-corrected chi connectivity index (χ1v) is 9.73. The smallest absolute Gasteiger partial charge is 0.408 e. The average molecular weight is 441 g/mol. The molecule has 1 aliphatic heterocycles. The van der Waals surface area contributed by atoms with Crippen LogP contribution in [0.1, 0.15) is 28.5 Å². The van der Waals surface area contributed by atoms with Crippen LogP contribution in [0.25, 0.3) is 11.3 Å². The van der Waals surface area contributed by atoms with Crippen LogP contribution >= 0.6 is 0 Å². The topological polar surface area (TPSA) is 75.4 Å². The van der Waals surface area contributed by atoms with Crippen LogP contribution in [-0.4, -0.2) is 44.5 Å². The van der Waals surface area contributed by atoms with Gasteiger partial charge in [0.15, 0.2) is 11.4 Å². The number of fused-ring (bicyclic) bond motifs is 1. The van der Waals surface area contributed by atoms with E-state index in [-0.39, 0.29) is 5.70 Å². The Labute approximate surface area is 180 Å². The van der Waals surface area contributed by atoms with E-state index in [2.05, 4.69) is 5.10 Å². The van der Waals surface area contributed by atoms with Crippen LogP contribution in [0.4, 0.5) is 13.2 Å². The zero-order chi connectivity index (χ0) is 23.0. The molecule has 9 heteroatoms. The van der Waals surface area contributed by atoms with Crippen molar-refractivity contribution in [2.24, 2.45) is 0 Å². The van der Waals surface area contributed by atoms with Gasteiger partial charge in [0.25, 0.3) is 5.91 Å². The second kappa shape index (κ2) is 7.99. The van der Waals surface area contributed by atoms with Crippen LogP contribution < -0.4 is 5.43 Å². The molecule has 3 aromatic rings. The molecular weight excluding hydrogens is 423 g/mol. The predicted octanol–water partition coefficient (Wildman–Crippen LogP) is 3.77. The van der Waals surface area contributed by atoms with E-state index in [0.717, 1.165) is 17.8 Å². The van der Waals surface area contributed by atoms with Gasteiger partial charge in [0, 0.05) is 5.57 Å². The highest BCUT2D eigenvalue weighted by molar-refractivity contribution is 6.03. The molecule has 4 rings (SSSR count). The first-order chi connectivity index (χ1) is 15.2. The molecule has 1 unspecified atom stereocenters. The molecule has 0 spiro atoms. The second-order valence-electron chi connectivity index (χ2n) is 7.32. The first kappa shape index (κ1) is 21.4. The molecule has 1 aliphatic rings. The van der Waals surface area contributed by atoms with Crippen molar-refractivity contribution in [2.45, 2.75) is 19.1 Å². The van der Waals surface area contributed by atoms with Gasteiger partial charge in [-0.1, -0.05) is 60.7 Å². The van der Waals surface area contributed by atoms with E-state index < -0.39 is 41.5 Å². The zero-order valence-electron chi connectivity index (χ0n) is 16.9. The lowest BCUT2D eigenvalue weighted by atomic mass is 9.94. The van der Waals surface area contributed by atoms with Crippen molar-refractivity contribution in [2.75, 3.05) is 6.54 Å². The molecule has 164 valence electrons. The van der Waals surface area contributed by atoms with Crippen LogP contribution in [0.2, 0.25) is 0 Å². The fraction of sp³-hybridized carbons (Fsp3) is 0.174. The van der Waals surface area contributed by atoms with Crippen LogP contribution in [0.3, 0.4) is 0 Å². The van der Waals surface area contributed by atoms with Crippen LogP contribution in [0.5, 0.6) is 5.75 Å². The van der Waals surface area contributed by atoms with Crippen LogP contribution in [0, 0.1) is 0 Å². The average Bonchev–Trinajstić information content (AvgIpc) is 2.78. The van der Waals surface area contributed by atoms with Crippen molar-refractivity contribution in [3.63, 3.8) is 0 Å². The molecule has 0 bridgehead atoms.